The largest absolute Gasteiger partial charge is 1.00 e. The summed E-state index contributed by atoms with van der Waals surface area (Å²) in [6.45, 7) is 5.34. The summed E-state index contributed by atoms with van der Waals surface area (Å²) < 4.78 is 0. The van der Waals surface area contributed by atoms with Gasteiger partial charge in [-0.25, -0.2) is 0 Å². The Morgan fingerprint density at radius 2 is 1.91 bits per heavy atom. The van der Waals surface area contributed by atoms with Crippen LogP contribution in [0, 0.1) is 0 Å². The van der Waals surface area contributed by atoms with Gasteiger partial charge < -0.3 is 15.3 Å². The van der Waals surface area contributed by atoms with Crippen LogP contribution < -0.4 is 34.7 Å². The molecule has 0 aliphatic carbocycles. The van der Waals surface area contributed by atoms with E-state index in [4.69, 9.17) is 5.11 Å². The van der Waals surface area contributed by atoms with Gasteiger partial charge in [0, 0.05) is 6.54 Å². The van der Waals surface area contributed by atoms with Crippen molar-refractivity contribution in [2.75, 3.05) is 13.2 Å². The van der Waals surface area contributed by atoms with Gasteiger partial charge in [-0.05, 0) is 39.0 Å². The molecule has 0 aromatic heterocycles. The first-order chi connectivity index (χ1) is 9.88. The predicted octanol–water partition coefficient (Wildman–Crippen LogP) is -2.00. The Bertz CT molecular complexity index is 359. The van der Waals surface area contributed by atoms with Gasteiger partial charge in [-0.2, -0.15) is 0 Å². The average Bonchev–Trinajstić information content (AvgIpc) is 2.41. The van der Waals surface area contributed by atoms with E-state index in [1.54, 1.807) is 6.92 Å². The standard InChI is InChI=1S/C15H28N2O4.Na/c1-4-5-6-7-8-9-14(19)16-11-17(10-12(2)18)13(3)15(20)21;/h6-7,12-13,18H,4-5,8-11H2,1-3H3,(H,16,19)(H,20,21);/q;+1/p-1/b7-6+;. The third kappa shape index (κ3) is 12.2. The van der Waals surface area contributed by atoms with E-state index < -0.39 is 18.1 Å². The van der Waals surface area contributed by atoms with Crippen LogP contribution in [-0.2, 0) is 4.79 Å². The molecule has 2 atom stereocenters. The second-order valence-electron chi connectivity index (χ2n) is 5.13. The summed E-state index contributed by atoms with van der Waals surface area (Å²) in [4.78, 5) is 16.3. The number of aliphatic hydroxyl groups excluding tert-OH is 1. The molecule has 7 heteroatoms. The number of carboxylic acid groups (broad SMARTS) is 1. The molecule has 2 N–H and O–H groups in total. The molecule has 0 fully saturated rings. The average molecular weight is 322 g/mol. The molecule has 6 nitrogen and oxygen atoms in total. The van der Waals surface area contributed by atoms with Gasteiger partial charge in [0.05, 0.1) is 12.8 Å². The van der Waals surface area contributed by atoms with E-state index in [2.05, 4.69) is 11.9 Å². The van der Waals surface area contributed by atoms with Crippen LogP contribution in [0.4, 0.5) is 0 Å². The molecular formula is C15H27N2NaO4. The number of carbonyl (C=O) groups is 1. The molecule has 0 aromatic carbocycles. The van der Waals surface area contributed by atoms with Gasteiger partial charge in [-0.1, -0.05) is 25.5 Å². The number of hydrogen-bond donors (Lipinski definition) is 2. The molecule has 0 saturated carbocycles. The van der Waals surface area contributed by atoms with Gasteiger partial charge in [0.1, 0.15) is 6.04 Å². The van der Waals surface area contributed by atoms with Crippen molar-refractivity contribution in [2.45, 2.75) is 58.6 Å². The van der Waals surface area contributed by atoms with Crippen LogP contribution in [0.25, 0.3) is 0 Å². The molecule has 0 spiro atoms. The topological polar surface area (TPSA) is 96.2 Å². The van der Waals surface area contributed by atoms with Crippen LogP contribution in [0.5, 0.6) is 0 Å². The Labute approximate surface area is 155 Å². The minimum absolute atomic E-state index is 0. The first-order valence-electron chi connectivity index (χ1n) is 7.38. The first kappa shape index (κ1) is 23.9. The number of rotatable bonds is 11. The number of unbranched alkanes of at least 4 members (excludes halogenated alkanes) is 1. The van der Waals surface area contributed by atoms with E-state index in [-0.39, 0.29) is 48.7 Å². The minimum atomic E-state index is -0.999. The van der Waals surface area contributed by atoms with Crippen molar-refractivity contribution in [1.82, 2.24) is 4.90 Å². The summed E-state index contributed by atoms with van der Waals surface area (Å²) >= 11 is 0. The Kier molecular flexibility index (Phi) is 15.4. The molecule has 0 rings (SSSR count). The van der Waals surface area contributed by atoms with Gasteiger partial charge >= 0.3 is 35.5 Å². The number of aliphatic carboxylic acids is 1. The smallest absolute Gasteiger partial charge is 0.862 e. The Morgan fingerprint density at radius 3 is 2.41 bits per heavy atom. The molecule has 2 unspecified atom stereocenters. The Morgan fingerprint density at radius 1 is 1.32 bits per heavy atom. The van der Waals surface area contributed by atoms with E-state index >= 15 is 0 Å². The van der Waals surface area contributed by atoms with E-state index in [1.165, 1.54) is 11.8 Å². The number of aliphatic hydroxyl groups is 1. The Hall–Kier alpha value is -0.400. The molecule has 0 aromatic rings. The maximum absolute atomic E-state index is 11.6. The van der Waals surface area contributed by atoms with E-state index in [0.29, 0.717) is 12.8 Å². The van der Waals surface area contributed by atoms with Crippen molar-refractivity contribution in [3.8, 4) is 0 Å². The second kappa shape index (κ2) is 14.2. The summed E-state index contributed by atoms with van der Waals surface area (Å²) in [6, 6.07) is -0.791. The van der Waals surface area contributed by atoms with Crippen molar-refractivity contribution in [3.63, 3.8) is 0 Å². The monoisotopic (exact) mass is 322 g/mol. The van der Waals surface area contributed by atoms with Crippen molar-refractivity contribution in [3.05, 3.63) is 12.2 Å². The maximum atomic E-state index is 11.6. The zero-order chi connectivity index (χ0) is 16.3. The van der Waals surface area contributed by atoms with Gasteiger partial charge in [-0.3, -0.25) is 14.7 Å². The van der Waals surface area contributed by atoms with Gasteiger partial charge in [0.25, 0.3) is 0 Å². The van der Waals surface area contributed by atoms with Crippen LogP contribution in [0.2, 0.25) is 0 Å². The van der Waals surface area contributed by atoms with Crippen LogP contribution in [0.3, 0.4) is 0 Å². The summed E-state index contributed by atoms with van der Waals surface area (Å²) in [5.41, 5.74) is 0. The molecule has 0 saturated heterocycles. The zero-order valence-electron chi connectivity index (χ0n) is 14.2. The fourth-order valence-electron chi connectivity index (χ4n) is 1.69. The quantitative estimate of drug-likeness (QED) is 0.198. The van der Waals surface area contributed by atoms with E-state index in [1.807, 2.05) is 12.2 Å². The minimum Gasteiger partial charge on any atom is -0.862 e. The molecule has 122 valence electrons. The van der Waals surface area contributed by atoms with Crippen LogP contribution in [-0.4, -0.2) is 52.3 Å². The number of carboxylic acids is 1. The number of aliphatic imine (C=N–C) groups is 1. The molecule has 0 radical (unpaired) electrons. The van der Waals surface area contributed by atoms with Crippen molar-refractivity contribution < 1.29 is 49.7 Å². The molecular weight excluding hydrogens is 295 g/mol. The number of allylic oxidation sites excluding steroid dienone is 2. The van der Waals surface area contributed by atoms with E-state index in [0.717, 1.165) is 12.8 Å². The SMILES string of the molecule is CCC/C=C/CCC([O-])=NCN(CC(C)O)C(C)C(=O)O.[Na+]. The Balaban J connectivity index is 0. The third-order valence-electron chi connectivity index (χ3n) is 2.98. The summed E-state index contributed by atoms with van der Waals surface area (Å²) in [5, 5.41) is 30.0. The second-order valence-corrected chi connectivity index (χ2v) is 5.13. The predicted molar refractivity (Wildman–Crippen MR) is 81.1 cm³/mol. The van der Waals surface area contributed by atoms with Crippen LogP contribution >= 0.6 is 0 Å². The maximum Gasteiger partial charge on any atom is 1.00 e. The molecule has 0 amide bonds. The van der Waals surface area contributed by atoms with Gasteiger partial charge in [0.15, 0.2) is 0 Å². The van der Waals surface area contributed by atoms with E-state index in [9.17, 15) is 15.0 Å². The number of hydrogen-bond acceptors (Lipinski definition) is 5. The first-order valence-corrected chi connectivity index (χ1v) is 7.38. The number of nitrogens with zero attached hydrogens (tertiary/aromatic N) is 2. The van der Waals surface area contributed by atoms with Gasteiger partial charge in [-0.15, -0.1) is 0 Å². The molecule has 22 heavy (non-hydrogen) atoms. The molecule has 0 heterocycles. The van der Waals surface area contributed by atoms with Gasteiger partial charge in [0.2, 0.25) is 0 Å². The summed E-state index contributed by atoms with van der Waals surface area (Å²) in [5.74, 6) is -1.25. The molecule has 0 aliphatic heterocycles. The van der Waals surface area contributed by atoms with Crippen LogP contribution in [0.1, 0.15) is 46.5 Å². The summed E-state index contributed by atoms with van der Waals surface area (Å²) in [7, 11) is 0. The van der Waals surface area contributed by atoms with Crippen LogP contribution in [0.15, 0.2) is 17.1 Å². The molecule has 0 aliphatic rings. The fraction of sp³-hybridized carbons (Fsp3) is 0.733. The molecule has 0 bridgehead atoms. The zero-order valence-corrected chi connectivity index (χ0v) is 16.2. The van der Waals surface area contributed by atoms with Crippen molar-refractivity contribution in [1.29, 1.82) is 0 Å². The third-order valence-corrected chi connectivity index (χ3v) is 2.98. The normalized spacial score (nSPS) is 14.9. The van der Waals surface area contributed by atoms with Crippen molar-refractivity contribution in [2.24, 2.45) is 4.99 Å². The fourth-order valence-corrected chi connectivity index (χ4v) is 1.69. The summed E-state index contributed by atoms with van der Waals surface area (Å²) in [6.07, 6.45) is 6.38. The van der Waals surface area contributed by atoms with Crippen molar-refractivity contribution >= 4 is 11.9 Å².